The van der Waals surface area contributed by atoms with Crippen molar-refractivity contribution in [3.63, 3.8) is 0 Å². The summed E-state index contributed by atoms with van der Waals surface area (Å²) in [7, 11) is 1.87. The highest BCUT2D eigenvalue weighted by Crippen LogP contribution is 2.31. The number of carbonyl (C=O) groups is 1. The molecule has 0 unspecified atom stereocenters. The summed E-state index contributed by atoms with van der Waals surface area (Å²) >= 11 is 0. The minimum absolute atomic E-state index is 0.0339. The molecule has 0 N–H and O–H groups in total. The number of aromatic nitrogens is 3. The molecule has 156 valence electrons. The van der Waals surface area contributed by atoms with Crippen molar-refractivity contribution in [2.75, 3.05) is 39.4 Å². The Morgan fingerprint density at radius 2 is 1.83 bits per heavy atom. The standard InChI is InChI=1S/C22H25N5O3/c1-15-18-12-17(13-23-21(18)25(2)24-15)22(28)27-7-5-26(6-8-27)14-16-3-4-19-20(11-16)30-10-9-29-19/h3-4,11-13H,5-10,14H2,1-2H3. The van der Waals surface area contributed by atoms with E-state index in [2.05, 4.69) is 27.1 Å². The van der Waals surface area contributed by atoms with Crippen LogP contribution >= 0.6 is 0 Å². The number of hydrogen-bond acceptors (Lipinski definition) is 6. The van der Waals surface area contributed by atoms with Gasteiger partial charge in [0.25, 0.3) is 5.91 Å². The Kier molecular flexibility index (Phi) is 4.78. The lowest BCUT2D eigenvalue weighted by Crippen LogP contribution is -2.48. The highest BCUT2D eigenvalue weighted by Gasteiger charge is 2.23. The van der Waals surface area contributed by atoms with E-state index in [-0.39, 0.29) is 5.91 Å². The second-order valence-corrected chi connectivity index (χ2v) is 7.85. The van der Waals surface area contributed by atoms with Crippen LogP contribution in [0, 0.1) is 6.92 Å². The Morgan fingerprint density at radius 3 is 2.63 bits per heavy atom. The molecule has 0 atom stereocenters. The highest BCUT2D eigenvalue weighted by molar-refractivity contribution is 5.97. The van der Waals surface area contributed by atoms with E-state index in [1.807, 2.05) is 31.0 Å². The van der Waals surface area contributed by atoms with Gasteiger partial charge in [0.15, 0.2) is 17.1 Å². The fraction of sp³-hybridized carbons (Fsp3) is 0.409. The number of aryl methyl sites for hydroxylation is 2. The third kappa shape index (κ3) is 3.47. The van der Waals surface area contributed by atoms with Crippen LogP contribution < -0.4 is 9.47 Å². The second-order valence-electron chi connectivity index (χ2n) is 7.85. The van der Waals surface area contributed by atoms with Crippen LogP contribution in [-0.4, -0.2) is 69.9 Å². The van der Waals surface area contributed by atoms with Crippen LogP contribution in [0.5, 0.6) is 11.5 Å². The van der Waals surface area contributed by atoms with Gasteiger partial charge in [0.05, 0.1) is 11.3 Å². The van der Waals surface area contributed by atoms with Gasteiger partial charge in [-0.15, -0.1) is 0 Å². The van der Waals surface area contributed by atoms with E-state index in [9.17, 15) is 4.79 Å². The van der Waals surface area contributed by atoms with Gasteiger partial charge < -0.3 is 14.4 Å². The summed E-state index contributed by atoms with van der Waals surface area (Å²) in [5.41, 5.74) is 3.51. The number of fused-ring (bicyclic) bond motifs is 2. The quantitative estimate of drug-likeness (QED) is 0.661. The predicted octanol–water partition coefficient (Wildman–Crippen LogP) is 2.01. The van der Waals surface area contributed by atoms with Crippen molar-refractivity contribution < 1.29 is 14.3 Å². The molecule has 0 spiro atoms. The first-order valence-corrected chi connectivity index (χ1v) is 10.3. The van der Waals surface area contributed by atoms with Gasteiger partial charge in [0.2, 0.25) is 0 Å². The molecule has 8 nitrogen and oxygen atoms in total. The zero-order valence-electron chi connectivity index (χ0n) is 17.3. The topological polar surface area (TPSA) is 72.7 Å². The molecule has 1 aromatic carbocycles. The van der Waals surface area contributed by atoms with Crippen LogP contribution in [0.4, 0.5) is 0 Å². The summed E-state index contributed by atoms with van der Waals surface area (Å²) in [6.07, 6.45) is 1.66. The first kappa shape index (κ1) is 18.9. The molecule has 5 rings (SSSR count). The Morgan fingerprint density at radius 1 is 1.07 bits per heavy atom. The first-order valence-electron chi connectivity index (χ1n) is 10.3. The summed E-state index contributed by atoms with van der Waals surface area (Å²) in [6, 6.07) is 8.03. The van der Waals surface area contributed by atoms with Gasteiger partial charge >= 0.3 is 0 Å². The SMILES string of the molecule is Cc1nn(C)c2ncc(C(=O)N3CCN(Cc4ccc5c(c4)OCCO5)CC3)cc12. The smallest absolute Gasteiger partial charge is 0.255 e. The Hall–Kier alpha value is -3.13. The lowest BCUT2D eigenvalue weighted by Gasteiger charge is -2.35. The molecule has 1 saturated heterocycles. The molecule has 0 saturated carbocycles. The lowest BCUT2D eigenvalue weighted by molar-refractivity contribution is 0.0628. The van der Waals surface area contributed by atoms with E-state index in [0.29, 0.717) is 31.9 Å². The molecule has 1 fully saturated rings. The van der Waals surface area contributed by atoms with Crippen molar-refractivity contribution in [1.29, 1.82) is 0 Å². The summed E-state index contributed by atoms with van der Waals surface area (Å²) in [5.74, 6) is 1.67. The number of ether oxygens (including phenoxy) is 2. The summed E-state index contributed by atoms with van der Waals surface area (Å²) in [4.78, 5) is 21.7. The van der Waals surface area contributed by atoms with Crippen molar-refractivity contribution in [3.8, 4) is 11.5 Å². The number of hydrogen-bond donors (Lipinski definition) is 0. The fourth-order valence-corrected chi connectivity index (χ4v) is 4.16. The van der Waals surface area contributed by atoms with Crippen molar-refractivity contribution in [2.24, 2.45) is 7.05 Å². The summed E-state index contributed by atoms with van der Waals surface area (Å²) in [6.45, 7) is 7.04. The maximum Gasteiger partial charge on any atom is 0.255 e. The van der Waals surface area contributed by atoms with E-state index in [1.165, 1.54) is 5.56 Å². The van der Waals surface area contributed by atoms with E-state index in [1.54, 1.807) is 10.9 Å². The molecule has 30 heavy (non-hydrogen) atoms. The van der Waals surface area contributed by atoms with Gasteiger partial charge in [-0.25, -0.2) is 4.98 Å². The van der Waals surface area contributed by atoms with E-state index in [4.69, 9.17) is 9.47 Å². The average Bonchev–Trinajstić information content (AvgIpc) is 3.06. The number of nitrogens with zero attached hydrogens (tertiary/aromatic N) is 5. The highest BCUT2D eigenvalue weighted by atomic mass is 16.6. The van der Waals surface area contributed by atoms with Crippen molar-refractivity contribution >= 4 is 16.9 Å². The Balaban J connectivity index is 1.22. The number of pyridine rings is 1. The molecular weight excluding hydrogens is 382 g/mol. The molecule has 2 aromatic heterocycles. The second kappa shape index (κ2) is 7.60. The third-order valence-electron chi connectivity index (χ3n) is 5.78. The molecule has 2 aliphatic heterocycles. The van der Waals surface area contributed by atoms with Gasteiger partial charge in [-0.2, -0.15) is 5.10 Å². The van der Waals surface area contributed by atoms with Crippen LogP contribution in [0.1, 0.15) is 21.6 Å². The number of amides is 1. The molecule has 4 heterocycles. The minimum atomic E-state index is 0.0339. The normalized spacial score (nSPS) is 16.8. The van der Waals surface area contributed by atoms with Crippen LogP contribution in [0.3, 0.4) is 0 Å². The van der Waals surface area contributed by atoms with E-state index in [0.717, 1.165) is 47.9 Å². The monoisotopic (exact) mass is 407 g/mol. The number of rotatable bonds is 3. The van der Waals surface area contributed by atoms with Gasteiger partial charge in [0, 0.05) is 51.4 Å². The zero-order valence-corrected chi connectivity index (χ0v) is 17.3. The van der Waals surface area contributed by atoms with Crippen molar-refractivity contribution in [2.45, 2.75) is 13.5 Å². The van der Waals surface area contributed by atoms with Crippen molar-refractivity contribution in [3.05, 3.63) is 47.3 Å². The summed E-state index contributed by atoms with van der Waals surface area (Å²) < 4.78 is 13.0. The maximum atomic E-state index is 13.0. The van der Waals surface area contributed by atoms with Crippen LogP contribution in [0.15, 0.2) is 30.5 Å². The molecule has 3 aromatic rings. The van der Waals surface area contributed by atoms with Gasteiger partial charge in [-0.3, -0.25) is 14.4 Å². The van der Waals surface area contributed by atoms with E-state index >= 15 is 0 Å². The van der Waals surface area contributed by atoms with Crippen LogP contribution in [-0.2, 0) is 13.6 Å². The molecule has 0 bridgehead atoms. The number of benzene rings is 1. The Bertz CT molecular complexity index is 1100. The van der Waals surface area contributed by atoms with Crippen LogP contribution in [0.2, 0.25) is 0 Å². The van der Waals surface area contributed by atoms with Crippen LogP contribution in [0.25, 0.3) is 11.0 Å². The average molecular weight is 407 g/mol. The molecular formula is C22H25N5O3. The Labute approximate surface area is 175 Å². The fourth-order valence-electron chi connectivity index (χ4n) is 4.16. The van der Waals surface area contributed by atoms with E-state index < -0.39 is 0 Å². The molecule has 0 aliphatic carbocycles. The minimum Gasteiger partial charge on any atom is -0.486 e. The largest absolute Gasteiger partial charge is 0.486 e. The molecule has 1 amide bonds. The maximum absolute atomic E-state index is 13.0. The van der Waals surface area contributed by atoms with Crippen molar-refractivity contribution in [1.82, 2.24) is 24.6 Å². The lowest BCUT2D eigenvalue weighted by atomic mass is 10.1. The zero-order chi connectivity index (χ0) is 20.7. The number of piperazine rings is 1. The van der Waals surface area contributed by atoms with Gasteiger partial charge in [0.1, 0.15) is 13.2 Å². The number of carbonyl (C=O) groups excluding carboxylic acids is 1. The molecule has 2 aliphatic rings. The predicted molar refractivity (Wildman–Crippen MR) is 112 cm³/mol. The van der Waals surface area contributed by atoms with Gasteiger partial charge in [-0.1, -0.05) is 6.07 Å². The summed E-state index contributed by atoms with van der Waals surface area (Å²) in [5, 5.41) is 5.32. The molecule has 8 heteroatoms. The molecule has 0 radical (unpaired) electrons. The van der Waals surface area contributed by atoms with Gasteiger partial charge in [-0.05, 0) is 30.7 Å². The third-order valence-corrected chi connectivity index (χ3v) is 5.78. The first-order chi connectivity index (χ1) is 14.6.